The van der Waals surface area contributed by atoms with Crippen molar-refractivity contribution in [2.45, 2.75) is 52.4 Å². The maximum atomic E-state index is 5.15. The molecular formula is C132H104N12. The van der Waals surface area contributed by atoms with Gasteiger partial charge in [-0.05, 0) is 228 Å². The highest BCUT2D eigenvalue weighted by Crippen LogP contribution is 2.45. The largest absolute Gasteiger partial charge is 0.311 e. The molecule has 1 unspecified atom stereocenters. The van der Waals surface area contributed by atoms with Crippen LogP contribution in [0.2, 0.25) is 0 Å². The van der Waals surface area contributed by atoms with E-state index in [1.54, 1.807) is 0 Å². The fraction of sp³-hybridized carbons (Fsp3) is 0.0606. The van der Waals surface area contributed by atoms with Crippen LogP contribution in [-0.4, -0.2) is 39.9 Å². The number of rotatable bonds is 20. The summed E-state index contributed by atoms with van der Waals surface area (Å²) in [5.41, 5.74) is 34.3. The fourth-order valence-electron chi connectivity index (χ4n) is 18.5. The van der Waals surface area contributed by atoms with Crippen LogP contribution in [0.5, 0.6) is 0 Å². The van der Waals surface area contributed by atoms with E-state index in [0.29, 0.717) is 5.92 Å². The van der Waals surface area contributed by atoms with Gasteiger partial charge >= 0.3 is 0 Å². The van der Waals surface area contributed by atoms with Gasteiger partial charge < -0.3 is 19.6 Å². The van der Waals surface area contributed by atoms with Crippen molar-refractivity contribution in [1.29, 1.82) is 0 Å². The zero-order valence-electron chi connectivity index (χ0n) is 80.8. The van der Waals surface area contributed by atoms with Crippen LogP contribution in [0.3, 0.4) is 0 Å². The topological polar surface area (TPSA) is 116 Å². The summed E-state index contributed by atoms with van der Waals surface area (Å²) in [4.78, 5) is 49.6. The Morgan fingerprint density at radius 3 is 0.771 bits per heavy atom. The quantitative estimate of drug-likeness (QED) is 0.0723. The smallest absolute Gasteiger partial charge is 0.0979 e. The van der Waals surface area contributed by atoms with E-state index >= 15 is 0 Å². The molecule has 4 aromatic heterocycles. The minimum Gasteiger partial charge on any atom is -0.311 e. The molecule has 12 heteroatoms. The lowest BCUT2D eigenvalue weighted by Crippen LogP contribution is -2.16. The molecular weight excluding hydrogens is 1750 g/mol. The Morgan fingerprint density at radius 1 is 0.194 bits per heavy atom. The zero-order chi connectivity index (χ0) is 97.5. The van der Waals surface area contributed by atoms with Crippen LogP contribution in [-0.2, 0) is 5.41 Å². The molecule has 0 amide bonds. The van der Waals surface area contributed by atoms with E-state index in [1.165, 1.54) is 21.5 Å². The summed E-state index contributed by atoms with van der Waals surface area (Å²) in [6.07, 6.45) is 1.02. The van der Waals surface area contributed by atoms with Crippen molar-refractivity contribution < 1.29 is 0 Å². The van der Waals surface area contributed by atoms with Gasteiger partial charge in [0, 0.05) is 113 Å². The third-order valence-corrected chi connectivity index (χ3v) is 25.9. The minimum atomic E-state index is -0.120. The predicted molar refractivity (Wildman–Crippen MR) is 602 cm³/mol. The highest BCUT2D eigenvalue weighted by molar-refractivity contribution is 6.01. The summed E-state index contributed by atoms with van der Waals surface area (Å²) in [5.74, 6) is 0.335. The number of benzene rings is 20. The van der Waals surface area contributed by atoms with Crippen LogP contribution in [0, 0.1) is 0 Å². The number of aromatic nitrogens is 8. The highest BCUT2D eigenvalue weighted by Gasteiger charge is 2.27. The van der Waals surface area contributed by atoms with E-state index < -0.39 is 0 Å². The Kier molecular flexibility index (Phi) is 27.1. The van der Waals surface area contributed by atoms with E-state index in [9.17, 15) is 0 Å². The molecule has 0 saturated heterocycles. The molecule has 0 fully saturated rings. The number of nitrogens with zero attached hydrogens (tertiary/aromatic N) is 12. The molecule has 24 aromatic rings. The van der Waals surface area contributed by atoms with Crippen LogP contribution >= 0.6 is 0 Å². The molecule has 0 saturated carbocycles. The maximum absolute atomic E-state index is 5.15. The molecule has 0 aliphatic heterocycles. The summed E-state index contributed by atoms with van der Waals surface area (Å²) in [7, 11) is 0. The number of anilines is 12. The SMILES string of the molecule is CC(C)(C)c1nc2ccccc2nc1-c1ccc(N(c2ccccc2)c2ccccc2)cc1.CCC(C)c1nc2ccccc2nc1-c1ccc(N(c2ccccc2)c2ccccc2)cc1.c1ccc(N(c2ccccc2)c2ccc(-c3nc4ccccc4nc3-c3ccc4ccccc4c3)cc2)cc1.c1ccc(N(c2ccccc2)c2ccc(-c3nc4ccccc4nc3-c3cccc4ccccc34)cc2)cc1. The molecule has 20 aromatic carbocycles. The Balaban J connectivity index is 0.000000114. The fourth-order valence-corrected chi connectivity index (χ4v) is 18.5. The molecule has 144 heavy (non-hydrogen) atoms. The first kappa shape index (κ1) is 91.9. The summed E-state index contributed by atoms with van der Waals surface area (Å²) in [5, 5.41) is 4.75. The van der Waals surface area contributed by atoms with Crippen LogP contribution in [0.15, 0.2) is 522 Å². The van der Waals surface area contributed by atoms with Crippen LogP contribution in [0.1, 0.15) is 58.3 Å². The van der Waals surface area contributed by atoms with Crippen molar-refractivity contribution >= 4 is 134 Å². The van der Waals surface area contributed by atoms with Gasteiger partial charge in [0.25, 0.3) is 0 Å². The second kappa shape index (κ2) is 42.4. The summed E-state index contributed by atoms with van der Waals surface area (Å²) >= 11 is 0. The molecule has 0 bridgehead atoms. The molecule has 12 nitrogen and oxygen atoms in total. The molecule has 692 valence electrons. The lowest BCUT2D eigenvalue weighted by molar-refractivity contribution is 0.571. The van der Waals surface area contributed by atoms with Gasteiger partial charge in [-0.25, -0.2) is 39.9 Å². The first-order valence-corrected chi connectivity index (χ1v) is 49.0. The molecule has 0 aliphatic rings. The van der Waals surface area contributed by atoms with Gasteiger partial charge in [0.05, 0.1) is 89.7 Å². The maximum Gasteiger partial charge on any atom is 0.0979 e. The third kappa shape index (κ3) is 20.2. The lowest BCUT2D eigenvalue weighted by Gasteiger charge is -2.26. The standard InChI is InChI=1S/2C36H25N3.2C30H27N3/c1-3-14-28(15-4-1)39(29-16-5-2-6-17-29)30-24-22-27(23-25-30)35-36(38-34-21-10-9-20-33(34)37-35)32-19-11-13-26-12-7-8-18-31(26)32;1-3-13-30(14-4-1)39(31-15-5-2-6-16-31)32-23-21-27(22-24-32)35-36(38-34-18-10-9-17-33(34)37-35)29-20-19-26-11-7-8-12-28(26)25-29;1-30(2,3)29-28(31-26-16-10-11-17-27(26)32-29)22-18-20-25(21-19-22)33(23-12-6-4-7-13-23)24-14-8-5-9-15-24;1-3-22(2)29-30(32-28-17-11-10-16-27(28)31-29)23-18-20-26(21-19-23)33(24-12-6-4-7-13-24)25-14-8-5-9-15-25/h2*1-25H;4-21H,1-3H3;4-22H,3H2,1-2H3. The molecule has 1 atom stereocenters. The van der Waals surface area contributed by atoms with Gasteiger partial charge in [-0.15, -0.1) is 0 Å². The van der Waals surface area contributed by atoms with Crippen molar-refractivity contribution in [3.8, 4) is 67.5 Å². The summed E-state index contributed by atoms with van der Waals surface area (Å²) in [6.45, 7) is 11.0. The Hall–Kier alpha value is -18.5. The van der Waals surface area contributed by atoms with E-state index in [-0.39, 0.29) is 5.41 Å². The van der Waals surface area contributed by atoms with Gasteiger partial charge in [-0.3, -0.25) is 0 Å². The number of para-hydroxylation sites is 16. The summed E-state index contributed by atoms with van der Waals surface area (Å²) in [6, 6.07) is 180. The average molecular weight is 1860 g/mol. The summed E-state index contributed by atoms with van der Waals surface area (Å²) < 4.78 is 0. The lowest BCUT2D eigenvalue weighted by atomic mass is 9.88. The van der Waals surface area contributed by atoms with Crippen molar-refractivity contribution in [3.05, 3.63) is 533 Å². The van der Waals surface area contributed by atoms with E-state index in [1.807, 2.05) is 146 Å². The highest BCUT2D eigenvalue weighted by atomic mass is 15.2. The van der Waals surface area contributed by atoms with Gasteiger partial charge in [0.1, 0.15) is 0 Å². The Morgan fingerprint density at radius 2 is 0.431 bits per heavy atom. The van der Waals surface area contributed by atoms with Gasteiger partial charge in [0.2, 0.25) is 0 Å². The van der Waals surface area contributed by atoms with E-state index in [4.69, 9.17) is 39.9 Å². The van der Waals surface area contributed by atoms with Crippen molar-refractivity contribution in [3.63, 3.8) is 0 Å². The molecule has 0 radical (unpaired) electrons. The van der Waals surface area contributed by atoms with Crippen LogP contribution in [0.25, 0.3) is 133 Å². The number of hydrogen-bond donors (Lipinski definition) is 0. The first-order valence-electron chi connectivity index (χ1n) is 49.0. The first-order chi connectivity index (χ1) is 70.9. The predicted octanol–water partition coefficient (Wildman–Crippen LogP) is 35.5. The monoisotopic (exact) mass is 1860 g/mol. The molecule has 0 N–H and O–H groups in total. The zero-order valence-corrected chi connectivity index (χ0v) is 80.8. The van der Waals surface area contributed by atoms with Crippen LogP contribution < -0.4 is 19.6 Å². The van der Waals surface area contributed by atoms with Gasteiger partial charge in [0.15, 0.2) is 0 Å². The number of hydrogen-bond acceptors (Lipinski definition) is 12. The molecule has 0 aliphatic carbocycles. The van der Waals surface area contributed by atoms with Gasteiger partial charge in [-0.2, -0.15) is 0 Å². The van der Waals surface area contributed by atoms with Crippen LogP contribution in [0.4, 0.5) is 68.2 Å². The molecule has 0 spiro atoms. The average Bonchev–Trinajstić information content (AvgIpc) is 0.730. The molecule has 24 rings (SSSR count). The second-order valence-electron chi connectivity index (χ2n) is 36.5. The second-order valence-corrected chi connectivity index (χ2v) is 36.5. The van der Waals surface area contributed by atoms with Gasteiger partial charge in [-0.1, -0.05) is 356 Å². The van der Waals surface area contributed by atoms with Crippen molar-refractivity contribution in [1.82, 2.24) is 39.9 Å². The normalized spacial score (nSPS) is 11.4. The molecule has 4 heterocycles. The minimum absolute atomic E-state index is 0.120. The Labute approximate surface area is 840 Å². The van der Waals surface area contributed by atoms with Crippen molar-refractivity contribution in [2.24, 2.45) is 0 Å². The number of fused-ring (bicyclic) bond motifs is 6. The Bertz CT molecular complexity index is 8340. The van der Waals surface area contributed by atoms with E-state index in [2.05, 4.69) is 430 Å². The van der Waals surface area contributed by atoms with Crippen molar-refractivity contribution in [2.75, 3.05) is 19.6 Å². The van der Waals surface area contributed by atoms with E-state index in [0.717, 1.165) is 198 Å². The third-order valence-electron chi connectivity index (χ3n) is 25.9.